The van der Waals surface area contributed by atoms with Crippen molar-refractivity contribution in [2.75, 3.05) is 13.1 Å². The Morgan fingerprint density at radius 2 is 1.68 bits per heavy atom. The third-order valence-corrected chi connectivity index (χ3v) is 2.86. The number of nitrogens with zero attached hydrogens (tertiary/aromatic N) is 1. The van der Waals surface area contributed by atoms with Gasteiger partial charge < -0.3 is 21.1 Å². The first-order valence-corrected chi connectivity index (χ1v) is 6.53. The van der Waals surface area contributed by atoms with Crippen LogP contribution in [-0.4, -0.2) is 40.5 Å². The van der Waals surface area contributed by atoms with Crippen LogP contribution in [-0.2, 0) is 9.59 Å². The van der Waals surface area contributed by atoms with Gasteiger partial charge in [-0.2, -0.15) is 0 Å². The van der Waals surface area contributed by atoms with Crippen LogP contribution in [0.5, 0.6) is 0 Å². The molecule has 0 aromatic heterocycles. The molecule has 6 heteroatoms. The highest BCUT2D eigenvalue weighted by atomic mass is 16.4. The fraction of sp³-hybridized carbons (Fsp3) is 0.692. The zero-order valence-corrected chi connectivity index (χ0v) is 11.8. The number of nitrogens with two attached hydrogens (primary N) is 1. The SMILES string of the molecule is CC(C)(C)NC(=O)/C(=C(/N)C(=O)O)N1CCCCC1. The minimum Gasteiger partial charge on any atom is -0.477 e. The standard InChI is InChI=1S/C13H23N3O3/c1-13(2,3)15-11(17)10(9(14)12(18)19)16-7-5-4-6-8-16/h4-8,14H2,1-3H3,(H,15,17)(H,18,19)/b10-9-. The first-order chi connectivity index (χ1) is 8.72. The van der Waals surface area contributed by atoms with Crippen molar-refractivity contribution in [2.45, 2.75) is 45.6 Å². The number of rotatable bonds is 3. The molecule has 1 amide bonds. The molecule has 1 saturated heterocycles. The smallest absolute Gasteiger partial charge is 0.354 e. The van der Waals surface area contributed by atoms with Crippen LogP contribution >= 0.6 is 0 Å². The van der Waals surface area contributed by atoms with E-state index in [2.05, 4.69) is 5.32 Å². The summed E-state index contributed by atoms with van der Waals surface area (Å²) in [6.45, 7) is 6.86. The molecule has 0 unspecified atom stereocenters. The normalized spacial score (nSPS) is 17.7. The van der Waals surface area contributed by atoms with Crippen molar-refractivity contribution in [3.8, 4) is 0 Å². The molecule has 0 aromatic carbocycles. The van der Waals surface area contributed by atoms with Gasteiger partial charge in [-0.1, -0.05) is 0 Å². The maximum Gasteiger partial charge on any atom is 0.354 e. The molecule has 19 heavy (non-hydrogen) atoms. The summed E-state index contributed by atoms with van der Waals surface area (Å²) in [5, 5.41) is 11.8. The van der Waals surface area contributed by atoms with Crippen molar-refractivity contribution >= 4 is 11.9 Å². The van der Waals surface area contributed by atoms with E-state index >= 15 is 0 Å². The molecular weight excluding hydrogens is 246 g/mol. The second-order valence-electron chi connectivity index (χ2n) is 5.82. The van der Waals surface area contributed by atoms with Crippen LogP contribution in [0.3, 0.4) is 0 Å². The summed E-state index contributed by atoms with van der Waals surface area (Å²) >= 11 is 0. The first-order valence-electron chi connectivity index (χ1n) is 6.53. The largest absolute Gasteiger partial charge is 0.477 e. The van der Waals surface area contributed by atoms with Crippen molar-refractivity contribution in [1.29, 1.82) is 0 Å². The second kappa shape index (κ2) is 5.95. The maximum atomic E-state index is 12.3. The summed E-state index contributed by atoms with van der Waals surface area (Å²) in [5.41, 5.74) is 4.86. The van der Waals surface area contributed by atoms with Crippen LogP contribution in [0, 0.1) is 0 Å². The third-order valence-electron chi connectivity index (χ3n) is 2.86. The predicted molar refractivity (Wildman–Crippen MR) is 72.2 cm³/mol. The van der Waals surface area contributed by atoms with E-state index in [1.165, 1.54) is 0 Å². The lowest BCUT2D eigenvalue weighted by atomic mass is 10.1. The zero-order chi connectivity index (χ0) is 14.6. The Bertz CT molecular complexity index is 390. The lowest BCUT2D eigenvalue weighted by Gasteiger charge is -2.32. The lowest BCUT2D eigenvalue weighted by Crippen LogP contribution is -2.47. The molecule has 108 valence electrons. The molecular formula is C13H23N3O3. The number of amides is 1. The van der Waals surface area contributed by atoms with Gasteiger partial charge in [0, 0.05) is 18.6 Å². The average Bonchev–Trinajstić information content (AvgIpc) is 2.28. The van der Waals surface area contributed by atoms with Crippen molar-refractivity contribution in [3.63, 3.8) is 0 Å². The number of aliphatic carboxylic acids is 1. The first kappa shape index (κ1) is 15.3. The van der Waals surface area contributed by atoms with Crippen molar-refractivity contribution in [2.24, 2.45) is 5.73 Å². The molecule has 1 heterocycles. The Kier molecular flexibility index (Phi) is 4.80. The highest BCUT2D eigenvalue weighted by Crippen LogP contribution is 2.17. The molecule has 4 N–H and O–H groups in total. The number of carboxylic acids is 1. The molecule has 0 aliphatic carbocycles. The number of carbonyl (C=O) groups excluding carboxylic acids is 1. The highest BCUT2D eigenvalue weighted by Gasteiger charge is 2.27. The molecule has 1 fully saturated rings. The Balaban J connectivity index is 3.02. The lowest BCUT2D eigenvalue weighted by molar-refractivity contribution is -0.133. The van der Waals surface area contributed by atoms with Crippen LogP contribution in [0.15, 0.2) is 11.4 Å². The van der Waals surface area contributed by atoms with E-state index in [0.29, 0.717) is 13.1 Å². The van der Waals surface area contributed by atoms with Gasteiger partial charge in [-0.05, 0) is 40.0 Å². The van der Waals surface area contributed by atoms with Gasteiger partial charge >= 0.3 is 5.97 Å². The van der Waals surface area contributed by atoms with Gasteiger partial charge in [0.05, 0.1) is 0 Å². The maximum absolute atomic E-state index is 12.3. The molecule has 1 aliphatic heterocycles. The number of likely N-dealkylation sites (tertiary alicyclic amines) is 1. The number of hydrogen-bond acceptors (Lipinski definition) is 4. The number of carboxylic acid groups (broad SMARTS) is 1. The predicted octanol–water partition coefficient (Wildman–Crippen LogP) is 0.642. The minimum atomic E-state index is -1.26. The van der Waals surface area contributed by atoms with Crippen LogP contribution in [0.4, 0.5) is 0 Å². The van der Waals surface area contributed by atoms with E-state index in [1.807, 2.05) is 20.8 Å². The topological polar surface area (TPSA) is 95.7 Å². The summed E-state index contributed by atoms with van der Waals surface area (Å²) < 4.78 is 0. The van der Waals surface area contributed by atoms with E-state index < -0.39 is 17.4 Å². The van der Waals surface area contributed by atoms with E-state index in [1.54, 1.807) is 4.90 Å². The Morgan fingerprint density at radius 3 is 2.11 bits per heavy atom. The molecule has 6 nitrogen and oxygen atoms in total. The molecule has 0 aromatic rings. The van der Waals surface area contributed by atoms with Gasteiger partial charge in [0.2, 0.25) is 0 Å². The number of nitrogens with one attached hydrogen (secondary N) is 1. The van der Waals surface area contributed by atoms with Crippen LogP contribution < -0.4 is 11.1 Å². The van der Waals surface area contributed by atoms with E-state index in [-0.39, 0.29) is 11.4 Å². The Labute approximate surface area is 113 Å². The van der Waals surface area contributed by atoms with E-state index in [9.17, 15) is 9.59 Å². The Hall–Kier alpha value is -1.72. The summed E-state index contributed by atoms with van der Waals surface area (Å²) in [7, 11) is 0. The molecule has 0 bridgehead atoms. The Morgan fingerprint density at radius 1 is 1.16 bits per heavy atom. The summed E-state index contributed by atoms with van der Waals surface area (Å²) in [6.07, 6.45) is 2.98. The van der Waals surface area contributed by atoms with Gasteiger partial charge in [-0.25, -0.2) is 4.79 Å². The highest BCUT2D eigenvalue weighted by molar-refractivity contribution is 6.01. The van der Waals surface area contributed by atoms with E-state index in [4.69, 9.17) is 10.8 Å². The van der Waals surface area contributed by atoms with Crippen molar-refractivity contribution < 1.29 is 14.7 Å². The van der Waals surface area contributed by atoms with Crippen LogP contribution in [0.2, 0.25) is 0 Å². The molecule has 1 aliphatic rings. The van der Waals surface area contributed by atoms with Gasteiger partial charge in [0.15, 0.2) is 0 Å². The fourth-order valence-corrected chi connectivity index (χ4v) is 2.05. The number of piperidine rings is 1. The summed E-state index contributed by atoms with van der Waals surface area (Å²) in [5.74, 6) is -1.68. The molecule has 0 radical (unpaired) electrons. The van der Waals surface area contributed by atoms with Crippen molar-refractivity contribution in [1.82, 2.24) is 10.2 Å². The quantitative estimate of drug-likeness (QED) is 0.653. The molecule has 0 atom stereocenters. The van der Waals surface area contributed by atoms with Crippen LogP contribution in [0.25, 0.3) is 0 Å². The van der Waals surface area contributed by atoms with Gasteiger partial charge in [-0.3, -0.25) is 4.79 Å². The summed E-state index contributed by atoms with van der Waals surface area (Å²) in [4.78, 5) is 25.1. The van der Waals surface area contributed by atoms with Crippen molar-refractivity contribution in [3.05, 3.63) is 11.4 Å². The summed E-state index contributed by atoms with van der Waals surface area (Å²) in [6, 6.07) is 0. The third kappa shape index (κ3) is 4.46. The zero-order valence-electron chi connectivity index (χ0n) is 11.8. The second-order valence-corrected chi connectivity index (χ2v) is 5.82. The fourth-order valence-electron chi connectivity index (χ4n) is 2.05. The number of hydrogen-bond donors (Lipinski definition) is 3. The van der Waals surface area contributed by atoms with Crippen LogP contribution in [0.1, 0.15) is 40.0 Å². The van der Waals surface area contributed by atoms with Gasteiger partial charge in [0.25, 0.3) is 5.91 Å². The molecule has 1 rings (SSSR count). The molecule has 0 saturated carbocycles. The number of carbonyl (C=O) groups is 2. The monoisotopic (exact) mass is 269 g/mol. The molecule has 0 spiro atoms. The van der Waals surface area contributed by atoms with E-state index in [0.717, 1.165) is 19.3 Å². The minimum absolute atomic E-state index is 0.0853. The van der Waals surface area contributed by atoms with Gasteiger partial charge in [-0.15, -0.1) is 0 Å². The van der Waals surface area contributed by atoms with Gasteiger partial charge in [0.1, 0.15) is 11.4 Å². The average molecular weight is 269 g/mol.